The van der Waals surface area contributed by atoms with Crippen molar-refractivity contribution in [3.05, 3.63) is 0 Å². The number of piperidine rings is 1. The Bertz CT molecular complexity index is 270. The summed E-state index contributed by atoms with van der Waals surface area (Å²) in [5.41, 5.74) is -0.284. The average Bonchev–Trinajstić information content (AvgIpc) is 2.15. The molecule has 1 fully saturated rings. The minimum atomic E-state index is -0.284. The molecule has 0 unspecified atom stereocenters. The van der Waals surface area contributed by atoms with Crippen LogP contribution in [0, 0.1) is 11.3 Å². The van der Waals surface area contributed by atoms with Gasteiger partial charge in [0.25, 0.3) is 0 Å². The largest absolute Gasteiger partial charge is 0.342 e. The van der Waals surface area contributed by atoms with E-state index in [1.165, 1.54) is 0 Å². The van der Waals surface area contributed by atoms with E-state index in [4.69, 9.17) is 0 Å². The number of hydrogen-bond acceptors (Lipinski definition) is 2. The molecule has 0 aliphatic carbocycles. The van der Waals surface area contributed by atoms with Crippen LogP contribution < -0.4 is 0 Å². The number of carbonyl (C=O) groups is 2. The van der Waals surface area contributed by atoms with Gasteiger partial charge in [0.1, 0.15) is 5.78 Å². The van der Waals surface area contributed by atoms with Crippen molar-refractivity contribution in [3.8, 4) is 0 Å². The quantitative estimate of drug-likeness (QED) is 0.723. The summed E-state index contributed by atoms with van der Waals surface area (Å²) in [6.45, 7) is 9.14. The topological polar surface area (TPSA) is 37.4 Å². The zero-order valence-corrected chi connectivity index (χ0v) is 10.9. The maximum absolute atomic E-state index is 12.0. The lowest BCUT2D eigenvalue weighted by atomic mass is 9.89. The highest BCUT2D eigenvalue weighted by atomic mass is 16.2. The zero-order chi connectivity index (χ0) is 12.3. The number of nitrogens with zero attached hydrogens (tertiary/aromatic N) is 1. The van der Waals surface area contributed by atoms with E-state index >= 15 is 0 Å². The zero-order valence-electron chi connectivity index (χ0n) is 10.9. The fraction of sp³-hybridized carbons (Fsp3) is 0.846. The van der Waals surface area contributed by atoms with Crippen LogP contribution in [0.1, 0.15) is 47.0 Å². The lowest BCUT2D eigenvalue weighted by Gasteiger charge is -2.35. The van der Waals surface area contributed by atoms with Crippen molar-refractivity contribution in [1.82, 2.24) is 4.90 Å². The summed E-state index contributed by atoms with van der Waals surface area (Å²) in [7, 11) is 0. The monoisotopic (exact) mass is 225 g/mol. The van der Waals surface area contributed by atoms with Crippen LogP contribution in [0.5, 0.6) is 0 Å². The molecule has 92 valence electrons. The number of Topliss-reactive ketones (excluding diaryl/α,β-unsaturated/α-hetero) is 1. The number of amides is 1. The molecule has 1 aliphatic heterocycles. The summed E-state index contributed by atoms with van der Waals surface area (Å²) in [5, 5.41) is 0. The molecule has 0 radical (unpaired) electrons. The highest BCUT2D eigenvalue weighted by Crippen LogP contribution is 2.25. The molecule has 0 N–H and O–H groups in total. The Morgan fingerprint density at radius 1 is 1.19 bits per heavy atom. The van der Waals surface area contributed by atoms with E-state index in [2.05, 4.69) is 0 Å². The van der Waals surface area contributed by atoms with E-state index in [0.29, 0.717) is 12.3 Å². The molecule has 1 saturated heterocycles. The van der Waals surface area contributed by atoms with E-state index in [1.54, 1.807) is 6.92 Å². The Morgan fingerprint density at radius 3 is 2.06 bits per heavy atom. The highest BCUT2D eigenvalue weighted by Gasteiger charge is 2.30. The number of hydrogen-bond donors (Lipinski definition) is 0. The minimum Gasteiger partial charge on any atom is -0.342 e. The first-order valence-corrected chi connectivity index (χ1v) is 6.09. The normalized spacial score (nSPS) is 18.6. The van der Waals surface area contributed by atoms with Crippen LogP contribution in [0.4, 0.5) is 0 Å². The third-order valence-corrected chi connectivity index (χ3v) is 3.12. The smallest absolute Gasteiger partial charge is 0.227 e. The van der Waals surface area contributed by atoms with E-state index in [0.717, 1.165) is 25.9 Å². The minimum absolute atomic E-state index is 0.230. The Labute approximate surface area is 98.2 Å². The molecule has 0 aromatic carbocycles. The van der Waals surface area contributed by atoms with E-state index in [1.807, 2.05) is 25.7 Å². The molecule has 1 amide bonds. The van der Waals surface area contributed by atoms with Gasteiger partial charge in [-0.15, -0.1) is 0 Å². The van der Waals surface area contributed by atoms with Gasteiger partial charge in [0.05, 0.1) is 0 Å². The predicted octanol–water partition coefficient (Wildman–Crippen LogP) is 2.25. The van der Waals surface area contributed by atoms with Crippen LogP contribution in [-0.2, 0) is 9.59 Å². The van der Waals surface area contributed by atoms with Gasteiger partial charge in [0.2, 0.25) is 5.91 Å². The summed E-state index contributed by atoms with van der Waals surface area (Å²) < 4.78 is 0. The van der Waals surface area contributed by atoms with Crippen molar-refractivity contribution >= 4 is 11.7 Å². The SMILES string of the molecule is CC(=O)CC1CCN(C(=O)C(C)(C)C)CC1. The molecule has 0 bridgehead atoms. The van der Waals surface area contributed by atoms with Gasteiger partial charge in [-0.2, -0.15) is 0 Å². The molecule has 1 aliphatic rings. The van der Waals surface area contributed by atoms with Crippen LogP contribution in [0.15, 0.2) is 0 Å². The van der Waals surface area contributed by atoms with Crippen LogP contribution >= 0.6 is 0 Å². The summed E-state index contributed by atoms with van der Waals surface area (Å²) in [4.78, 5) is 25.0. The van der Waals surface area contributed by atoms with E-state index in [9.17, 15) is 9.59 Å². The molecule has 3 heteroatoms. The standard InChI is InChI=1S/C13H23NO2/c1-10(15)9-11-5-7-14(8-6-11)12(16)13(2,3)4/h11H,5-9H2,1-4H3. The van der Waals surface area contributed by atoms with Crippen molar-refractivity contribution in [2.45, 2.75) is 47.0 Å². The molecule has 1 heterocycles. The molecule has 0 atom stereocenters. The first-order valence-electron chi connectivity index (χ1n) is 6.09. The van der Waals surface area contributed by atoms with Gasteiger partial charge in [-0.25, -0.2) is 0 Å². The van der Waals surface area contributed by atoms with Gasteiger partial charge in [0, 0.05) is 24.9 Å². The van der Waals surface area contributed by atoms with Gasteiger partial charge >= 0.3 is 0 Å². The molecule has 1 rings (SSSR count). The summed E-state index contributed by atoms with van der Waals surface area (Å²) in [5.74, 6) is 0.982. The second-order valence-corrected chi connectivity index (χ2v) is 5.89. The van der Waals surface area contributed by atoms with E-state index in [-0.39, 0.29) is 17.1 Å². The predicted molar refractivity (Wildman–Crippen MR) is 64.1 cm³/mol. The summed E-state index contributed by atoms with van der Waals surface area (Å²) in [6.07, 6.45) is 2.63. The Morgan fingerprint density at radius 2 is 1.69 bits per heavy atom. The van der Waals surface area contributed by atoms with Crippen molar-refractivity contribution in [2.24, 2.45) is 11.3 Å². The van der Waals surface area contributed by atoms with Gasteiger partial charge in [0.15, 0.2) is 0 Å². The second-order valence-electron chi connectivity index (χ2n) is 5.89. The van der Waals surface area contributed by atoms with Crippen LogP contribution in [0.2, 0.25) is 0 Å². The van der Waals surface area contributed by atoms with Crippen molar-refractivity contribution in [1.29, 1.82) is 0 Å². The summed E-state index contributed by atoms with van der Waals surface area (Å²) >= 11 is 0. The van der Waals surface area contributed by atoms with Crippen molar-refractivity contribution in [2.75, 3.05) is 13.1 Å². The molecule has 0 spiro atoms. The molecule has 0 saturated carbocycles. The molecule has 0 aromatic rings. The van der Waals surface area contributed by atoms with E-state index < -0.39 is 0 Å². The highest BCUT2D eigenvalue weighted by molar-refractivity contribution is 5.81. The number of carbonyl (C=O) groups excluding carboxylic acids is 2. The van der Waals surface area contributed by atoms with Crippen LogP contribution in [-0.4, -0.2) is 29.7 Å². The Hall–Kier alpha value is -0.860. The summed E-state index contributed by atoms with van der Waals surface area (Å²) in [6, 6.07) is 0. The molecule has 16 heavy (non-hydrogen) atoms. The maximum atomic E-state index is 12.0. The molecule has 3 nitrogen and oxygen atoms in total. The molecule has 0 aromatic heterocycles. The molecular formula is C13H23NO2. The van der Waals surface area contributed by atoms with Gasteiger partial charge in [-0.05, 0) is 25.7 Å². The second kappa shape index (κ2) is 4.98. The van der Waals surface area contributed by atoms with Crippen molar-refractivity contribution in [3.63, 3.8) is 0 Å². The maximum Gasteiger partial charge on any atom is 0.227 e. The first-order chi connectivity index (χ1) is 7.30. The Balaban J connectivity index is 2.43. The molecular weight excluding hydrogens is 202 g/mol. The van der Waals surface area contributed by atoms with Crippen LogP contribution in [0.3, 0.4) is 0 Å². The van der Waals surface area contributed by atoms with Crippen LogP contribution in [0.25, 0.3) is 0 Å². The van der Waals surface area contributed by atoms with Gasteiger partial charge < -0.3 is 9.69 Å². The lowest BCUT2D eigenvalue weighted by molar-refractivity contribution is -0.140. The number of rotatable bonds is 2. The third-order valence-electron chi connectivity index (χ3n) is 3.12. The van der Waals surface area contributed by atoms with Gasteiger partial charge in [-0.3, -0.25) is 4.79 Å². The average molecular weight is 225 g/mol. The third kappa shape index (κ3) is 3.62. The number of likely N-dealkylation sites (tertiary alicyclic amines) is 1. The Kier molecular flexibility index (Phi) is 4.11. The first kappa shape index (κ1) is 13.2. The van der Waals surface area contributed by atoms with Gasteiger partial charge in [-0.1, -0.05) is 20.8 Å². The fourth-order valence-corrected chi connectivity index (χ4v) is 2.22. The number of ketones is 1. The fourth-order valence-electron chi connectivity index (χ4n) is 2.22. The lowest BCUT2D eigenvalue weighted by Crippen LogP contribution is -2.44. The van der Waals surface area contributed by atoms with Crippen molar-refractivity contribution < 1.29 is 9.59 Å².